The van der Waals surface area contributed by atoms with Gasteiger partial charge in [0.1, 0.15) is 5.82 Å². The van der Waals surface area contributed by atoms with Gasteiger partial charge in [0.25, 0.3) is 0 Å². The largest absolute Gasteiger partial charge is 0.353 e. The van der Waals surface area contributed by atoms with Crippen molar-refractivity contribution < 1.29 is 9.18 Å². The molecule has 0 radical (unpaired) electrons. The number of hydrogen-bond donors (Lipinski definition) is 1. The van der Waals surface area contributed by atoms with Crippen LogP contribution in [0, 0.1) is 5.82 Å². The minimum absolute atomic E-state index is 0.0378. The summed E-state index contributed by atoms with van der Waals surface area (Å²) < 4.78 is 13.6. The van der Waals surface area contributed by atoms with Gasteiger partial charge in [-0.25, -0.2) is 4.39 Å². The molecule has 0 aliphatic carbocycles. The van der Waals surface area contributed by atoms with Gasteiger partial charge in [-0.1, -0.05) is 53.7 Å². The standard InChI is InChI=1S/C16H11ClFNOS/c1-9(20)15-14(10-5-3-2-4-6-10)19-12-8-7-11(18)13(17)16(12)21-15/h2-8,19H,1H3. The number of fused-ring (bicyclic) bond motifs is 1. The summed E-state index contributed by atoms with van der Waals surface area (Å²) in [5.74, 6) is -0.576. The van der Waals surface area contributed by atoms with Gasteiger partial charge in [-0.05, 0) is 24.6 Å². The molecule has 1 N–H and O–H groups in total. The third-order valence-electron chi connectivity index (χ3n) is 3.12. The molecule has 106 valence electrons. The molecule has 0 spiro atoms. The molecule has 0 saturated heterocycles. The lowest BCUT2D eigenvalue weighted by Crippen LogP contribution is -2.11. The number of nitrogens with one attached hydrogen (secondary N) is 1. The zero-order valence-electron chi connectivity index (χ0n) is 11.1. The lowest BCUT2D eigenvalue weighted by atomic mass is 10.1. The quantitative estimate of drug-likeness (QED) is 0.848. The van der Waals surface area contributed by atoms with E-state index < -0.39 is 5.82 Å². The van der Waals surface area contributed by atoms with E-state index in [1.54, 1.807) is 6.07 Å². The maximum Gasteiger partial charge on any atom is 0.168 e. The van der Waals surface area contributed by atoms with Crippen molar-refractivity contribution in [2.75, 3.05) is 5.32 Å². The van der Waals surface area contributed by atoms with Gasteiger partial charge in [0.15, 0.2) is 5.78 Å². The number of benzene rings is 2. The summed E-state index contributed by atoms with van der Waals surface area (Å²) in [6.45, 7) is 1.49. The fraction of sp³-hybridized carbons (Fsp3) is 0.0625. The Bertz CT molecular complexity index is 758. The molecule has 2 nitrogen and oxygen atoms in total. The Labute approximate surface area is 131 Å². The first-order valence-corrected chi connectivity index (χ1v) is 7.51. The molecule has 0 fully saturated rings. The highest BCUT2D eigenvalue weighted by Crippen LogP contribution is 2.46. The SMILES string of the molecule is CC(=O)C1=C(c2ccccc2)Nc2ccc(F)c(Cl)c2S1. The van der Waals surface area contributed by atoms with Gasteiger partial charge in [0.2, 0.25) is 0 Å². The number of carbonyl (C=O) groups excluding carboxylic acids is 1. The molecule has 1 heterocycles. The van der Waals surface area contributed by atoms with Gasteiger partial charge in [0.05, 0.1) is 26.2 Å². The van der Waals surface area contributed by atoms with E-state index in [0.717, 1.165) is 11.3 Å². The second-order valence-electron chi connectivity index (χ2n) is 4.59. The summed E-state index contributed by atoms with van der Waals surface area (Å²) in [6.07, 6.45) is 0. The Hall–Kier alpha value is -1.78. The second kappa shape index (κ2) is 5.54. The van der Waals surface area contributed by atoms with E-state index in [4.69, 9.17) is 11.6 Å². The topological polar surface area (TPSA) is 29.1 Å². The highest BCUT2D eigenvalue weighted by Gasteiger charge is 2.25. The highest BCUT2D eigenvalue weighted by atomic mass is 35.5. The molecule has 1 aliphatic rings. The van der Waals surface area contributed by atoms with E-state index in [-0.39, 0.29) is 10.8 Å². The predicted molar refractivity (Wildman–Crippen MR) is 84.9 cm³/mol. The van der Waals surface area contributed by atoms with Gasteiger partial charge in [0, 0.05) is 0 Å². The molecule has 21 heavy (non-hydrogen) atoms. The minimum atomic E-state index is -0.490. The molecule has 1 aliphatic heterocycles. The Morgan fingerprint density at radius 3 is 2.57 bits per heavy atom. The van der Waals surface area contributed by atoms with Gasteiger partial charge in [-0.3, -0.25) is 4.79 Å². The molecule has 0 amide bonds. The molecular weight excluding hydrogens is 309 g/mol. The third kappa shape index (κ3) is 2.57. The number of halogens is 2. The average molecular weight is 320 g/mol. The summed E-state index contributed by atoms with van der Waals surface area (Å²) in [5, 5.41) is 3.24. The van der Waals surface area contributed by atoms with Crippen LogP contribution in [0.4, 0.5) is 10.1 Å². The molecular formula is C16H11ClFNOS. The maximum atomic E-state index is 13.6. The number of ketones is 1. The van der Waals surface area contributed by atoms with E-state index in [9.17, 15) is 9.18 Å². The second-order valence-corrected chi connectivity index (χ2v) is 5.99. The van der Waals surface area contributed by atoms with Crippen molar-refractivity contribution in [3.63, 3.8) is 0 Å². The zero-order valence-corrected chi connectivity index (χ0v) is 12.7. The fourth-order valence-electron chi connectivity index (χ4n) is 2.13. The smallest absolute Gasteiger partial charge is 0.168 e. The van der Waals surface area contributed by atoms with Crippen LogP contribution < -0.4 is 5.32 Å². The van der Waals surface area contributed by atoms with E-state index in [2.05, 4.69) is 5.32 Å². The van der Waals surface area contributed by atoms with Crippen LogP contribution in [0.3, 0.4) is 0 Å². The van der Waals surface area contributed by atoms with Crippen LogP contribution in [-0.4, -0.2) is 5.78 Å². The van der Waals surface area contributed by atoms with E-state index in [1.165, 1.54) is 24.8 Å². The summed E-state index contributed by atoms with van der Waals surface area (Å²) in [5.41, 5.74) is 2.33. The zero-order chi connectivity index (χ0) is 15.0. The van der Waals surface area contributed by atoms with Gasteiger partial charge < -0.3 is 5.32 Å². The Kier molecular flexibility index (Phi) is 3.74. The van der Waals surface area contributed by atoms with Crippen molar-refractivity contribution in [2.45, 2.75) is 11.8 Å². The van der Waals surface area contributed by atoms with Crippen LogP contribution >= 0.6 is 23.4 Å². The highest BCUT2D eigenvalue weighted by molar-refractivity contribution is 8.04. The molecule has 5 heteroatoms. The molecule has 0 unspecified atom stereocenters. The van der Waals surface area contributed by atoms with Crippen LogP contribution in [0.15, 0.2) is 52.3 Å². The van der Waals surface area contributed by atoms with Crippen LogP contribution in [0.1, 0.15) is 12.5 Å². The fourth-order valence-corrected chi connectivity index (χ4v) is 3.45. The first kappa shape index (κ1) is 14.2. The number of Topliss-reactive ketones (excluding diaryl/α,β-unsaturated/α-hetero) is 1. The van der Waals surface area contributed by atoms with Gasteiger partial charge in [-0.2, -0.15) is 0 Å². The number of rotatable bonds is 2. The number of allylic oxidation sites excluding steroid dienone is 1. The molecule has 0 bridgehead atoms. The van der Waals surface area contributed by atoms with Crippen LogP contribution in [0.5, 0.6) is 0 Å². The van der Waals surface area contributed by atoms with Crippen molar-refractivity contribution in [3.05, 3.63) is 63.8 Å². The van der Waals surface area contributed by atoms with E-state index in [0.29, 0.717) is 15.5 Å². The van der Waals surface area contributed by atoms with Crippen LogP contribution in [-0.2, 0) is 4.79 Å². The molecule has 0 saturated carbocycles. The third-order valence-corrected chi connectivity index (χ3v) is 4.93. The summed E-state index contributed by atoms with van der Waals surface area (Å²) in [4.78, 5) is 13.0. The van der Waals surface area contributed by atoms with E-state index in [1.807, 2.05) is 30.3 Å². The summed E-state index contributed by atoms with van der Waals surface area (Å²) in [6, 6.07) is 12.5. The summed E-state index contributed by atoms with van der Waals surface area (Å²) >= 11 is 7.21. The lowest BCUT2D eigenvalue weighted by molar-refractivity contribution is -0.112. The predicted octanol–water partition coefficient (Wildman–Crippen LogP) is 4.95. The first-order chi connectivity index (χ1) is 10.1. The Morgan fingerprint density at radius 2 is 1.90 bits per heavy atom. The van der Waals surface area contributed by atoms with Crippen LogP contribution in [0.2, 0.25) is 5.02 Å². The van der Waals surface area contributed by atoms with Crippen molar-refractivity contribution in [1.29, 1.82) is 0 Å². The van der Waals surface area contributed by atoms with Crippen molar-refractivity contribution in [3.8, 4) is 0 Å². The lowest BCUT2D eigenvalue weighted by Gasteiger charge is -2.24. The van der Waals surface area contributed by atoms with Gasteiger partial charge >= 0.3 is 0 Å². The molecule has 0 atom stereocenters. The monoisotopic (exact) mass is 319 g/mol. The minimum Gasteiger partial charge on any atom is -0.353 e. The number of hydrogen-bond acceptors (Lipinski definition) is 3. The van der Waals surface area contributed by atoms with Crippen molar-refractivity contribution >= 4 is 40.5 Å². The van der Waals surface area contributed by atoms with Crippen molar-refractivity contribution in [2.24, 2.45) is 0 Å². The van der Waals surface area contributed by atoms with Crippen LogP contribution in [0.25, 0.3) is 5.70 Å². The number of anilines is 1. The van der Waals surface area contributed by atoms with Crippen molar-refractivity contribution in [1.82, 2.24) is 0 Å². The van der Waals surface area contributed by atoms with Gasteiger partial charge in [-0.15, -0.1) is 0 Å². The summed E-state index contributed by atoms with van der Waals surface area (Å²) in [7, 11) is 0. The normalized spacial score (nSPS) is 13.7. The molecule has 2 aromatic carbocycles. The average Bonchev–Trinajstić information content (AvgIpc) is 2.51. The maximum absolute atomic E-state index is 13.6. The molecule has 2 aromatic rings. The molecule has 0 aromatic heterocycles. The van der Waals surface area contributed by atoms with E-state index >= 15 is 0 Å². The number of carbonyl (C=O) groups is 1. The molecule has 3 rings (SSSR count). The first-order valence-electron chi connectivity index (χ1n) is 6.31. The number of thioether (sulfide) groups is 1. The Balaban J connectivity index is 2.15. The Morgan fingerprint density at radius 1 is 1.19 bits per heavy atom.